The van der Waals surface area contributed by atoms with Crippen molar-refractivity contribution in [2.24, 2.45) is 0 Å². The number of carbonyl (C=O) groups excluding carboxylic acids is 2. The molecule has 6 nitrogen and oxygen atoms in total. The molecule has 2 heterocycles. The molecular weight excluding hydrogens is 507 g/mol. The summed E-state index contributed by atoms with van der Waals surface area (Å²) in [6.45, 7) is 3.67. The summed E-state index contributed by atoms with van der Waals surface area (Å²) in [5.74, 6) is -0.204. The molecule has 1 aromatic heterocycles. The van der Waals surface area contributed by atoms with Crippen LogP contribution in [-0.2, 0) is 4.79 Å². The predicted octanol–water partition coefficient (Wildman–Crippen LogP) is 7.16. The number of halogens is 2. The maximum atomic E-state index is 14.1. The van der Waals surface area contributed by atoms with E-state index in [1.54, 1.807) is 29.2 Å². The number of rotatable bonds is 5. The first-order valence-corrected chi connectivity index (χ1v) is 12.8. The number of carbonyl (C=O) groups is 2. The first kappa shape index (κ1) is 24.9. The van der Waals surface area contributed by atoms with Gasteiger partial charge in [0.1, 0.15) is 12.6 Å². The van der Waals surface area contributed by atoms with Crippen LogP contribution in [0.25, 0.3) is 5.69 Å². The van der Waals surface area contributed by atoms with Gasteiger partial charge in [0.15, 0.2) is 0 Å². The lowest BCUT2D eigenvalue weighted by Gasteiger charge is -2.40. The van der Waals surface area contributed by atoms with Crippen molar-refractivity contribution in [3.05, 3.63) is 112 Å². The number of fused-ring (bicyclic) bond motifs is 3. The van der Waals surface area contributed by atoms with Gasteiger partial charge in [-0.2, -0.15) is 0 Å². The van der Waals surface area contributed by atoms with Gasteiger partial charge in [-0.05, 0) is 80.1 Å². The van der Waals surface area contributed by atoms with Crippen LogP contribution in [0.5, 0.6) is 0 Å². The van der Waals surface area contributed by atoms with Gasteiger partial charge in [0.05, 0.1) is 17.1 Å². The Kier molecular flexibility index (Phi) is 6.96. The van der Waals surface area contributed by atoms with E-state index in [-0.39, 0.29) is 24.5 Å². The van der Waals surface area contributed by atoms with Gasteiger partial charge >= 0.3 is 6.03 Å². The van der Waals surface area contributed by atoms with E-state index >= 15 is 0 Å². The summed E-state index contributed by atoms with van der Waals surface area (Å²) >= 11 is 12.3. The molecule has 0 aliphatic carbocycles. The molecule has 1 aliphatic rings. The van der Waals surface area contributed by atoms with Crippen molar-refractivity contribution in [3.63, 3.8) is 0 Å². The average molecular weight is 533 g/mol. The highest BCUT2D eigenvalue weighted by Gasteiger charge is 2.37. The monoisotopic (exact) mass is 532 g/mol. The fourth-order valence-corrected chi connectivity index (χ4v) is 5.02. The topological polar surface area (TPSA) is 57.6 Å². The number of anilines is 2. The van der Waals surface area contributed by atoms with Gasteiger partial charge in [-0.1, -0.05) is 47.5 Å². The standard InChI is InChI=1S/C29H26Cl2N4O2/c1-19(2)34(29(37)32-23-14-12-21(30)13-15-23)18-27(36)35-25-10-4-3-9-24(25)33-16-6-11-26(33)28(35)20-7-5-8-22(31)17-20/h3-17,19,28H,18H2,1-2H3,(H,32,37). The number of nitrogens with zero attached hydrogens (tertiary/aromatic N) is 3. The second-order valence-corrected chi connectivity index (χ2v) is 10.0. The highest BCUT2D eigenvalue weighted by molar-refractivity contribution is 6.31. The minimum atomic E-state index is -0.413. The van der Waals surface area contributed by atoms with Gasteiger partial charge in [-0.15, -0.1) is 0 Å². The molecule has 3 amide bonds. The lowest BCUT2D eigenvalue weighted by molar-refractivity contribution is -0.119. The highest BCUT2D eigenvalue weighted by atomic mass is 35.5. The van der Waals surface area contributed by atoms with E-state index in [1.807, 2.05) is 80.7 Å². The maximum absolute atomic E-state index is 14.1. The molecule has 5 rings (SSSR count). The van der Waals surface area contributed by atoms with Crippen LogP contribution < -0.4 is 10.2 Å². The molecule has 0 fully saturated rings. The third-order valence-electron chi connectivity index (χ3n) is 6.44. The largest absolute Gasteiger partial charge is 0.322 e. The van der Waals surface area contributed by atoms with E-state index in [0.717, 1.165) is 22.6 Å². The molecule has 0 spiro atoms. The van der Waals surface area contributed by atoms with E-state index in [2.05, 4.69) is 9.88 Å². The number of aromatic nitrogens is 1. The Hall–Kier alpha value is -3.74. The van der Waals surface area contributed by atoms with Gasteiger partial charge in [0.2, 0.25) is 5.91 Å². The molecule has 0 bridgehead atoms. The molecule has 0 radical (unpaired) electrons. The van der Waals surface area contributed by atoms with Gasteiger partial charge in [-0.3, -0.25) is 9.69 Å². The summed E-state index contributed by atoms with van der Waals surface area (Å²) in [6, 6.07) is 25.2. The number of hydrogen-bond donors (Lipinski definition) is 1. The van der Waals surface area contributed by atoms with Crippen LogP contribution in [0.1, 0.15) is 31.1 Å². The van der Waals surface area contributed by atoms with Crippen molar-refractivity contribution in [2.45, 2.75) is 25.9 Å². The number of para-hydroxylation sites is 2. The quantitative estimate of drug-likeness (QED) is 0.296. The van der Waals surface area contributed by atoms with Crippen LogP contribution in [0.4, 0.5) is 16.2 Å². The molecule has 3 aromatic carbocycles. The number of amides is 3. The summed E-state index contributed by atoms with van der Waals surface area (Å²) in [6.07, 6.45) is 1.99. The summed E-state index contributed by atoms with van der Waals surface area (Å²) in [7, 11) is 0. The third-order valence-corrected chi connectivity index (χ3v) is 6.92. The fourth-order valence-electron chi connectivity index (χ4n) is 4.69. The van der Waals surface area contributed by atoms with Crippen molar-refractivity contribution < 1.29 is 9.59 Å². The van der Waals surface area contributed by atoms with Crippen molar-refractivity contribution in [3.8, 4) is 5.69 Å². The van der Waals surface area contributed by atoms with Crippen molar-refractivity contribution in [1.82, 2.24) is 9.47 Å². The second-order valence-electron chi connectivity index (χ2n) is 9.17. The minimum Gasteiger partial charge on any atom is -0.316 e. The Balaban J connectivity index is 1.51. The third kappa shape index (κ3) is 4.95. The molecule has 0 saturated carbocycles. The number of urea groups is 1. The zero-order valence-corrected chi connectivity index (χ0v) is 21.9. The molecule has 1 unspecified atom stereocenters. The molecule has 37 heavy (non-hydrogen) atoms. The van der Waals surface area contributed by atoms with Crippen molar-refractivity contribution >= 4 is 46.5 Å². The normalized spacial score (nSPS) is 14.2. The van der Waals surface area contributed by atoms with Crippen LogP contribution in [-0.4, -0.2) is 34.0 Å². The van der Waals surface area contributed by atoms with Crippen LogP contribution in [0.3, 0.4) is 0 Å². The van der Waals surface area contributed by atoms with E-state index in [1.165, 1.54) is 4.90 Å². The Morgan fingerprint density at radius 2 is 1.62 bits per heavy atom. The molecular formula is C29H26Cl2N4O2. The first-order valence-electron chi connectivity index (χ1n) is 12.0. The SMILES string of the molecule is CC(C)N(CC(=O)N1c2ccccc2-n2cccc2C1c1cccc(Cl)c1)C(=O)Nc1ccc(Cl)cc1. The van der Waals surface area contributed by atoms with Gasteiger partial charge in [0.25, 0.3) is 0 Å². The van der Waals surface area contributed by atoms with E-state index in [9.17, 15) is 9.59 Å². The molecule has 0 saturated heterocycles. The van der Waals surface area contributed by atoms with Crippen LogP contribution >= 0.6 is 23.2 Å². The number of benzene rings is 3. The van der Waals surface area contributed by atoms with E-state index < -0.39 is 6.04 Å². The van der Waals surface area contributed by atoms with Crippen molar-refractivity contribution in [1.29, 1.82) is 0 Å². The Morgan fingerprint density at radius 1 is 0.892 bits per heavy atom. The molecule has 1 N–H and O–H groups in total. The van der Waals surface area contributed by atoms with Gasteiger partial charge in [0, 0.05) is 28.0 Å². The van der Waals surface area contributed by atoms with E-state index in [4.69, 9.17) is 23.2 Å². The molecule has 4 aromatic rings. The Morgan fingerprint density at radius 3 is 2.32 bits per heavy atom. The van der Waals surface area contributed by atoms with Gasteiger partial charge in [-0.25, -0.2) is 4.79 Å². The summed E-state index contributed by atoms with van der Waals surface area (Å²) < 4.78 is 2.10. The second kappa shape index (κ2) is 10.3. The van der Waals surface area contributed by atoms with E-state index in [0.29, 0.717) is 15.7 Å². The summed E-state index contributed by atoms with van der Waals surface area (Å²) in [4.78, 5) is 30.7. The molecule has 188 valence electrons. The maximum Gasteiger partial charge on any atom is 0.322 e. The molecule has 1 aliphatic heterocycles. The number of nitrogens with one attached hydrogen (secondary N) is 1. The Labute approximate surface area is 226 Å². The summed E-state index contributed by atoms with van der Waals surface area (Å²) in [5, 5.41) is 4.04. The fraction of sp³-hybridized carbons (Fsp3) is 0.172. The molecule has 8 heteroatoms. The first-order chi connectivity index (χ1) is 17.8. The van der Waals surface area contributed by atoms with Crippen LogP contribution in [0.15, 0.2) is 91.1 Å². The zero-order chi connectivity index (χ0) is 26.1. The summed E-state index contributed by atoms with van der Waals surface area (Å²) in [5.41, 5.74) is 4.09. The lowest BCUT2D eigenvalue weighted by Crippen LogP contribution is -2.49. The van der Waals surface area contributed by atoms with Crippen LogP contribution in [0, 0.1) is 0 Å². The average Bonchev–Trinajstić information content (AvgIpc) is 3.37. The zero-order valence-electron chi connectivity index (χ0n) is 20.4. The molecule has 1 atom stereocenters. The number of hydrogen-bond acceptors (Lipinski definition) is 2. The smallest absolute Gasteiger partial charge is 0.316 e. The predicted molar refractivity (Wildman–Crippen MR) is 149 cm³/mol. The Bertz CT molecular complexity index is 1450. The van der Waals surface area contributed by atoms with Crippen molar-refractivity contribution in [2.75, 3.05) is 16.8 Å². The lowest BCUT2D eigenvalue weighted by atomic mass is 9.97. The van der Waals surface area contributed by atoms with Gasteiger partial charge < -0.3 is 14.8 Å². The highest BCUT2D eigenvalue weighted by Crippen LogP contribution is 2.42. The van der Waals surface area contributed by atoms with Crippen LogP contribution in [0.2, 0.25) is 10.0 Å². The minimum absolute atomic E-state index is 0.108.